The molecule has 1 aromatic heterocycles. The molecule has 2 aromatic rings. The number of ether oxygens (including phenoxy) is 2. The number of nitrogens with zero attached hydrogens (tertiary/aromatic N) is 3. The second kappa shape index (κ2) is 9.98. The number of methoxy groups -OCH3 is 2. The first-order chi connectivity index (χ1) is 15.5. The Morgan fingerprint density at radius 1 is 1.22 bits per heavy atom. The fourth-order valence-electron chi connectivity index (χ4n) is 4.12. The number of fused-ring (bicyclic) bond motifs is 1. The highest BCUT2D eigenvalue weighted by atomic mass is 32.2. The van der Waals surface area contributed by atoms with Crippen LogP contribution in [0, 0.1) is 0 Å². The lowest BCUT2D eigenvalue weighted by molar-refractivity contribution is -0.127. The van der Waals surface area contributed by atoms with Crippen LogP contribution in [0.2, 0.25) is 0 Å². The molecule has 1 fully saturated rings. The molecule has 8 heteroatoms. The number of aromatic nitrogens is 2. The van der Waals surface area contributed by atoms with E-state index < -0.39 is 0 Å². The smallest absolute Gasteiger partial charge is 0.262 e. The van der Waals surface area contributed by atoms with Gasteiger partial charge >= 0.3 is 0 Å². The van der Waals surface area contributed by atoms with Crippen LogP contribution < -0.4 is 15.0 Å². The lowest BCUT2D eigenvalue weighted by atomic mass is 9.97. The number of hydrogen-bond donors (Lipinski definition) is 0. The van der Waals surface area contributed by atoms with Crippen LogP contribution in [0.3, 0.4) is 0 Å². The van der Waals surface area contributed by atoms with Gasteiger partial charge in [-0.3, -0.25) is 14.2 Å². The quantitative estimate of drug-likeness (QED) is 0.322. The van der Waals surface area contributed by atoms with Gasteiger partial charge in [-0.25, -0.2) is 4.98 Å². The molecule has 2 aliphatic rings. The number of amides is 1. The Kier molecular flexibility index (Phi) is 7.08. The summed E-state index contributed by atoms with van der Waals surface area (Å²) in [5.74, 6) is 1.36. The summed E-state index contributed by atoms with van der Waals surface area (Å²) < 4.78 is 12.5. The zero-order chi connectivity index (χ0) is 22.7. The summed E-state index contributed by atoms with van der Waals surface area (Å²) in [7, 11) is 4.97. The van der Waals surface area contributed by atoms with Crippen molar-refractivity contribution in [1.29, 1.82) is 0 Å². The van der Waals surface area contributed by atoms with Crippen molar-refractivity contribution in [2.75, 3.05) is 27.0 Å². The average molecular weight is 458 g/mol. The van der Waals surface area contributed by atoms with Crippen LogP contribution >= 0.6 is 11.8 Å². The van der Waals surface area contributed by atoms with Gasteiger partial charge in [-0.15, -0.1) is 0 Å². The maximum atomic E-state index is 13.5. The molecule has 0 unspecified atom stereocenters. The van der Waals surface area contributed by atoms with Crippen molar-refractivity contribution in [3.8, 4) is 11.5 Å². The number of allylic oxidation sites excluding steroid dienone is 2. The Morgan fingerprint density at radius 3 is 2.62 bits per heavy atom. The molecule has 172 valence electrons. The average Bonchev–Trinajstić information content (AvgIpc) is 3.67. The highest BCUT2D eigenvalue weighted by Gasteiger charge is 2.29. The molecule has 7 nitrogen and oxygen atoms in total. The monoisotopic (exact) mass is 457 g/mol. The van der Waals surface area contributed by atoms with Gasteiger partial charge in [0.2, 0.25) is 5.91 Å². The van der Waals surface area contributed by atoms with E-state index in [9.17, 15) is 9.59 Å². The van der Waals surface area contributed by atoms with E-state index in [4.69, 9.17) is 14.5 Å². The molecule has 1 saturated carbocycles. The lowest BCUT2D eigenvalue weighted by Crippen LogP contribution is -2.31. The fourth-order valence-corrected chi connectivity index (χ4v) is 5.06. The van der Waals surface area contributed by atoms with Crippen molar-refractivity contribution in [2.24, 2.45) is 0 Å². The van der Waals surface area contributed by atoms with E-state index in [0.29, 0.717) is 40.1 Å². The molecule has 4 rings (SSSR count). The summed E-state index contributed by atoms with van der Waals surface area (Å²) in [5.41, 5.74) is 1.83. The van der Waals surface area contributed by atoms with Gasteiger partial charge in [0, 0.05) is 25.7 Å². The largest absolute Gasteiger partial charge is 0.493 e. The molecule has 0 atom stereocenters. The Morgan fingerprint density at radius 2 is 1.97 bits per heavy atom. The van der Waals surface area contributed by atoms with Gasteiger partial charge in [-0.2, -0.15) is 0 Å². The van der Waals surface area contributed by atoms with Gasteiger partial charge in [-0.1, -0.05) is 23.4 Å². The number of hydrogen-bond acceptors (Lipinski definition) is 6. The fraction of sp³-hybridized carbons (Fsp3) is 0.542. The van der Waals surface area contributed by atoms with Crippen molar-refractivity contribution < 1.29 is 14.3 Å². The maximum Gasteiger partial charge on any atom is 0.262 e. The van der Waals surface area contributed by atoms with Crippen LogP contribution in [0.5, 0.6) is 11.5 Å². The van der Waals surface area contributed by atoms with E-state index >= 15 is 0 Å². The summed E-state index contributed by atoms with van der Waals surface area (Å²) in [6, 6.07) is 3.79. The van der Waals surface area contributed by atoms with Crippen LogP contribution in [0.25, 0.3) is 10.9 Å². The number of thioether (sulfide) groups is 1. The normalized spacial score (nSPS) is 16.0. The van der Waals surface area contributed by atoms with Gasteiger partial charge in [0.25, 0.3) is 5.56 Å². The van der Waals surface area contributed by atoms with Crippen molar-refractivity contribution in [3.05, 3.63) is 34.1 Å². The zero-order valence-electron chi connectivity index (χ0n) is 19.1. The minimum Gasteiger partial charge on any atom is -0.493 e. The molecule has 1 amide bonds. The summed E-state index contributed by atoms with van der Waals surface area (Å²) in [6.07, 6.45) is 9.92. The number of carbonyl (C=O) groups is 1. The number of benzene rings is 1. The van der Waals surface area contributed by atoms with Crippen molar-refractivity contribution >= 4 is 28.6 Å². The van der Waals surface area contributed by atoms with Crippen LogP contribution in [0.1, 0.15) is 44.9 Å². The third-order valence-corrected chi connectivity index (χ3v) is 7.24. The highest BCUT2D eigenvalue weighted by Crippen LogP contribution is 2.32. The van der Waals surface area contributed by atoms with E-state index in [0.717, 1.165) is 32.1 Å². The predicted molar refractivity (Wildman–Crippen MR) is 127 cm³/mol. The van der Waals surface area contributed by atoms with E-state index in [2.05, 4.69) is 6.08 Å². The minimum absolute atomic E-state index is 0.0701. The van der Waals surface area contributed by atoms with Crippen LogP contribution in [-0.4, -0.2) is 53.4 Å². The van der Waals surface area contributed by atoms with Crippen molar-refractivity contribution in [2.45, 2.75) is 62.7 Å². The topological polar surface area (TPSA) is 73.7 Å². The van der Waals surface area contributed by atoms with Gasteiger partial charge in [-0.05, 0) is 51.0 Å². The van der Waals surface area contributed by atoms with Crippen LogP contribution in [0.15, 0.2) is 33.7 Å². The third kappa shape index (κ3) is 4.95. The third-order valence-electron chi connectivity index (χ3n) is 6.28. The minimum atomic E-state index is -0.113. The van der Waals surface area contributed by atoms with Crippen molar-refractivity contribution in [1.82, 2.24) is 14.5 Å². The number of rotatable bonds is 9. The molecule has 2 aliphatic carbocycles. The Hall–Kier alpha value is -2.48. The predicted octanol–water partition coefficient (Wildman–Crippen LogP) is 4.02. The number of carbonyl (C=O) groups excluding carboxylic acids is 1. The summed E-state index contributed by atoms with van der Waals surface area (Å²) in [6.45, 7) is 0.553. The molecule has 1 heterocycles. The maximum absolute atomic E-state index is 13.5. The van der Waals surface area contributed by atoms with E-state index in [1.54, 1.807) is 30.9 Å². The molecule has 1 aromatic carbocycles. The standard InChI is InChI=1S/C24H31N3O4S/c1-26(17-9-10-17)22(28)15-32-24-25-19-14-21(31-3)20(30-2)13-18(19)23(29)27(24)12-11-16-7-5-4-6-8-16/h7,13-14,17H,4-6,8-12,15H2,1-3H3. The van der Waals surface area contributed by atoms with E-state index in [1.165, 1.54) is 30.2 Å². The Labute approximate surface area is 192 Å². The Bertz CT molecular complexity index is 1090. The van der Waals surface area contributed by atoms with Crippen LogP contribution in [-0.2, 0) is 11.3 Å². The van der Waals surface area contributed by atoms with Gasteiger partial charge in [0.1, 0.15) is 0 Å². The Balaban J connectivity index is 1.67. The van der Waals surface area contributed by atoms with Crippen LogP contribution in [0.4, 0.5) is 0 Å². The summed E-state index contributed by atoms with van der Waals surface area (Å²) in [4.78, 5) is 32.7. The summed E-state index contributed by atoms with van der Waals surface area (Å²) >= 11 is 1.34. The van der Waals surface area contributed by atoms with E-state index in [-0.39, 0.29) is 17.2 Å². The zero-order valence-corrected chi connectivity index (χ0v) is 19.9. The highest BCUT2D eigenvalue weighted by molar-refractivity contribution is 7.99. The molecule has 0 spiro atoms. The molecule has 0 bridgehead atoms. The van der Waals surface area contributed by atoms with Gasteiger partial charge in [0.05, 0.1) is 30.9 Å². The molecule has 0 radical (unpaired) electrons. The van der Waals surface area contributed by atoms with Crippen molar-refractivity contribution in [3.63, 3.8) is 0 Å². The molecule has 0 aliphatic heterocycles. The molecule has 0 N–H and O–H groups in total. The molecule has 0 saturated heterocycles. The first kappa shape index (κ1) is 22.7. The molecular formula is C24H31N3O4S. The second-order valence-electron chi connectivity index (χ2n) is 8.46. The molecule has 32 heavy (non-hydrogen) atoms. The first-order valence-electron chi connectivity index (χ1n) is 11.2. The van der Waals surface area contributed by atoms with Gasteiger partial charge < -0.3 is 14.4 Å². The summed E-state index contributed by atoms with van der Waals surface area (Å²) in [5, 5.41) is 1.06. The van der Waals surface area contributed by atoms with E-state index in [1.807, 2.05) is 11.9 Å². The van der Waals surface area contributed by atoms with Gasteiger partial charge in [0.15, 0.2) is 16.7 Å². The SMILES string of the molecule is COc1cc2nc(SCC(=O)N(C)C3CC3)n(CCC3=CCCCC3)c(=O)c2cc1OC. The lowest BCUT2D eigenvalue weighted by Gasteiger charge is -2.18. The second-order valence-corrected chi connectivity index (χ2v) is 9.40. The molecular weight excluding hydrogens is 426 g/mol. The first-order valence-corrected chi connectivity index (χ1v) is 12.2.